The summed E-state index contributed by atoms with van der Waals surface area (Å²) in [6, 6.07) is 4.49. The van der Waals surface area contributed by atoms with Gasteiger partial charge >= 0.3 is 0 Å². The van der Waals surface area contributed by atoms with E-state index in [2.05, 4.69) is 43.1 Å². The number of nitrogens with zero attached hydrogens (tertiary/aromatic N) is 1. The second-order valence-corrected chi connectivity index (χ2v) is 5.14. The van der Waals surface area contributed by atoms with E-state index in [9.17, 15) is 0 Å². The fraction of sp³-hybridized carbons (Fsp3) is 0.538. The first kappa shape index (κ1) is 11.7. The minimum absolute atomic E-state index is 0.0638. The zero-order chi connectivity index (χ0) is 11.7. The van der Waals surface area contributed by atoms with Gasteiger partial charge in [0.15, 0.2) is 0 Å². The van der Waals surface area contributed by atoms with Crippen LogP contribution in [0.4, 0.5) is 5.69 Å². The van der Waals surface area contributed by atoms with Crippen LogP contribution in [0.3, 0.4) is 0 Å². The van der Waals surface area contributed by atoms with Crippen LogP contribution in [0.5, 0.6) is 0 Å². The SMILES string of the molecule is Cc1cc(C)c(N2CCNC(Cl)C2)c(C)c1. The summed E-state index contributed by atoms with van der Waals surface area (Å²) in [6.07, 6.45) is 0. The van der Waals surface area contributed by atoms with Gasteiger partial charge in [-0.05, 0) is 31.9 Å². The first-order valence-electron chi connectivity index (χ1n) is 5.78. The lowest BCUT2D eigenvalue weighted by Gasteiger charge is -2.34. The zero-order valence-electron chi connectivity index (χ0n) is 10.2. The van der Waals surface area contributed by atoms with Crippen LogP contribution >= 0.6 is 11.6 Å². The molecular formula is C13H19ClN2. The minimum atomic E-state index is 0.0638. The molecule has 3 heteroatoms. The van der Waals surface area contributed by atoms with Crippen LogP contribution in [-0.4, -0.2) is 25.1 Å². The molecule has 1 fully saturated rings. The lowest BCUT2D eigenvalue weighted by molar-refractivity contribution is 0.551. The molecule has 1 aromatic rings. The molecular weight excluding hydrogens is 220 g/mol. The summed E-state index contributed by atoms with van der Waals surface area (Å²) in [5.41, 5.74) is 5.45. The first-order chi connectivity index (χ1) is 7.58. The Morgan fingerprint density at radius 1 is 1.25 bits per heavy atom. The predicted molar refractivity (Wildman–Crippen MR) is 70.5 cm³/mol. The van der Waals surface area contributed by atoms with Crippen LogP contribution in [0.25, 0.3) is 0 Å². The Morgan fingerprint density at radius 2 is 1.88 bits per heavy atom. The van der Waals surface area contributed by atoms with E-state index in [1.54, 1.807) is 0 Å². The van der Waals surface area contributed by atoms with Crippen molar-refractivity contribution in [1.29, 1.82) is 0 Å². The summed E-state index contributed by atoms with van der Waals surface area (Å²) in [5.74, 6) is 0. The highest BCUT2D eigenvalue weighted by atomic mass is 35.5. The molecule has 0 bridgehead atoms. The Hall–Kier alpha value is -0.730. The number of piperazine rings is 1. The normalized spacial score (nSPS) is 21.2. The molecule has 1 aliphatic heterocycles. The van der Waals surface area contributed by atoms with Gasteiger partial charge in [-0.25, -0.2) is 0 Å². The molecule has 2 rings (SSSR count). The Morgan fingerprint density at radius 3 is 2.44 bits per heavy atom. The molecule has 88 valence electrons. The van der Waals surface area contributed by atoms with E-state index < -0.39 is 0 Å². The van der Waals surface area contributed by atoms with Crippen molar-refractivity contribution >= 4 is 17.3 Å². The number of anilines is 1. The van der Waals surface area contributed by atoms with Crippen LogP contribution in [-0.2, 0) is 0 Å². The third-order valence-corrected chi connectivity index (χ3v) is 3.37. The van der Waals surface area contributed by atoms with Crippen LogP contribution in [0.1, 0.15) is 16.7 Å². The molecule has 1 saturated heterocycles. The number of halogens is 1. The molecule has 0 aliphatic carbocycles. The van der Waals surface area contributed by atoms with Gasteiger partial charge in [0.1, 0.15) is 5.50 Å². The molecule has 1 N–H and O–H groups in total. The molecule has 0 amide bonds. The number of nitrogens with one attached hydrogen (secondary N) is 1. The van der Waals surface area contributed by atoms with Gasteiger partial charge in [-0.15, -0.1) is 11.6 Å². The molecule has 1 unspecified atom stereocenters. The second kappa shape index (κ2) is 4.64. The quantitative estimate of drug-likeness (QED) is 0.598. The van der Waals surface area contributed by atoms with Gasteiger partial charge in [-0.1, -0.05) is 17.7 Å². The summed E-state index contributed by atoms with van der Waals surface area (Å²) in [4.78, 5) is 2.39. The molecule has 1 heterocycles. The Kier molecular flexibility index (Phi) is 3.41. The summed E-state index contributed by atoms with van der Waals surface area (Å²) in [6.45, 7) is 9.38. The fourth-order valence-corrected chi connectivity index (χ4v) is 2.86. The van der Waals surface area contributed by atoms with Crippen molar-refractivity contribution in [3.05, 3.63) is 28.8 Å². The highest BCUT2D eigenvalue weighted by Crippen LogP contribution is 2.27. The van der Waals surface area contributed by atoms with E-state index in [1.165, 1.54) is 22.4 Å². The molecule has 0 aromatic heterocycles. The molecule has 1 atom stereocenters. The van der Waals surface area contributed by atoms with Crippen LogP contribution < -0.4 is 10.2 Å². The van der Waals surface area contributed by atoms with E-state index in [1.807, 2.05) is 0 Å². The number of alkyl halides is 1. The van der Waals surface area contributed by atoms with Gasteiger partial charge in [0.2, 0.25) is 0 Å². The maximum absolute atomic E-state index is 6.14. The monoisotopic (exact) mass is 238 g/mol. The average Bonchev–Trinajstić information content (AvgIpc) is 2.15. The fourth-order valence-electron chi connectivity index (χ4n) is 2.58. The number of hydrogen-bond acceptors (Lipinski definition) is 2. The summed E-state index contributed by atoms with van der Waals surface area (Å²) >= 11 is 6.14. The molecule has 1 aromatic carbocycles. The van der Waals surface area contributed by atoms with Crippen molar-refractivity contribution in [3.63, 3.8) is 0 Å². The minimum Gasteiger partial charge on any atom is -0.367 e. The first-order valence-corrected chi connectivity index (χ1v) is 6.22. The number of aryl methyl sites for hydroxylation is 3. The van der Waals surface area contributed by atoms with E-state index in [0.717, 1.165) is 19.6 Å². The molecule has 16 heavy (non-hydrogen) atoms. The smallest absolute Gasteiger partial charge is 0.100 e. The maximum atomic E-state index is 6.14. The Bertz CT molecular complexity index is 367. The summed E-state index contributed by atoms with van der Waals surface area (Å²) in [5, 5.41) is 3.26. The average molecular weight is 239 g/mol. The van der Waals surface area contributed by atoms with Gasteiger partial charge < -0.3 is 4.90 Å². The highest BCUT2D eigenvalue weighted by Gasteiger charge is 2.19. The number of rotatable bonds is 1. The molecule has 0 saturated carbocycles. The molecule has 2 nitrogen and oxygen atoms in total. The lowest BCUT2D eigenvalue weighted by atomic mass is 10.0. The van der Waals surface area contributed by atoms with Crippen molar-refractivity contribution in [2.24, 2.45) is 0 Å². The Labute approximate surface area is 103 Å². The van der Waals surface area contributed by atoms with Crippen molar-refractivity contribution in [1.82, 2.24) is 5.32 Å². The standard InChI is InChI=1S/C13H19ClN2/c1-9-6-10(2)13(11(3)7-9)16-5-4-15-12(14)8-16/h6-7,12,15H,4-5,8H2,1-3H3. The van der Waals surface area contributed by atoms with Gasteiger partial charge in [0.25, 0.3) is 0 Å². The van der Waals surface area contributed by atoms with Gasteiger partial charge in [0.05, 0.1) is 0 Å². The zero-order valence-corrected chi connectivity index (χ0v) is 10.9. The van der Waals surface area contributed by atoms with Crippen molar-refractivity contribution in [3.8, 4) is 0 Å². The van der Waals surface area contributed by atoms with Gasteiger partial charge in [-0.2, -0.15) is 0 Å². The topological polar surface area (TPSA) is 15.3 Å². The summed E-state index contributed by atoms with van der Waals surface area (Å²) in [7, 11) is 0. The third kappa shape index (κ3) is 2.33. The lowest BCUT2D eigenvalue weighted by Crippen LogP contribution is -2.48. The second-order valence-electron chi connectivity index (χ2n) is 4.62. The van der Waals surface area contributed by atoms with Crippen molar-refractivity contribution in [2.45, 2.75) is 26.3 Å². The largest absolute Gasteiger partial charge is 0.367 e. The predicted octanol–water partition coefficient (Wildman–Crippen LogP) is 2.59. The number of hydrogen-bond donors (Lipinski definition) is 1. The highest BCUT2D eigenvalue weighted by molar-refractivity contribution is 6.20. The van der Waals surface area contributed by atoms with Gasteiger partial charge in [0, 0.05) is 25.3 Å². The van der Waals surface area contributed by atoms with Crippen molar-refractivity contribution in [2.75, 3.05) is 24.5 Å². The van der Waals surface area contributed by atoms with E-state index in [-0.39, 0.29) is 5.50 Å². The summed E-state index contributed by atoms with van der Waals surface area (Å²) < 4.78 is 0. The van der Waals surface area contributed by atoms with E-state index in [4.69, 9.17) is 11.6 Å². The van der Waals surface area contributed by atoms with Crippen molar-refractivity contribution < 1.29 is 0 Å². The molecule has 0 spiro atoms. The van der Waals surface area contributed by atoms with Gasteiger partial charge in [-0.3, -0.25) is 5.32 Å². The van der Waals surface area contributed by atoms with Crippen LogP contribution in [0.15, 0.2) is 12.1 Å². The molecule has 0 radical (unpaired) electrons. The van der Waals surface area contributed by atoms with Crippen LogP contribution in [0, 0.1) is 20.8 Å². The third-order valence-electron chi connectivity index (χ3n) is 3.08. The maximum Gasteiger partial charge on any atom is 0.100 e. The van der Waals surface area contributed by atoms with E-state index >= 15 is 0 Å². The number of benzene rings is 1. The van der Waals surface area contributed by atoms with E-state index in [0.29, 0.717) is 0 Å². The molecule has 1 aliphatic rings. The Balaban J connectivity index is 2.32. The van der Waals surface area contributed by atoms with Crippen LogP contribution in [0.2, 0.25) is 0 Å².